The third-order valence-corrected chi connectivity index (χ3v) is 3.91. The summed E-state index contributed by atoms with van der Waals surface area (Å²) in [7, 11) is 0. The molecule has 0 saturated carbocycles. The molecular formula is C22H20. The average Bonchev–Trinajstić information content (AvgIpc) is 2.58. The summed E-state index contributed by atoms with van der Waals surface area (Å²) >= 11 is 0. The molecule has 3 rings (SSSR count). The summed E-state index contributed by atoms with van der Waals surface area (Å²) < 4.78 is 0. The molecule has 0 saturated heterocycles. The molecule has 0 fully saturated rings. The van der Waals surface area contributed by atoms with Gasteiger partial charge in [-0.05, 0) is 53.3 Å². The van der Waals surface area contributed by atoms with Gasteiger partial charge in [-0.1, -0.05) is 78.9 Å². The van der Waals surface area contributed by atoms with Gasteiger partial charge in [0, 0.05) is 0 Å². The second-order valence-electron chi connectivity index (χ2n) is 5.49. The van der Waals surface area contributed by atoms with Crippen molar-refractivity contribution in [3.05, 3.63) is 90.0 Å². The highest BCUT2D eigenvalue weighted by Crippen LogP contribution is 2.32. The summed E-state index contributed by atoms with van der Waals surface area (Å²) in [4.78, 5) is 0. The van der Waals surface area contributed by atoms with Crippen LogP contribution in [0.4, 0.5) is 0 Å². The minimum atomic E-state index is 1.26. The van der Waals surface area contributed by atoms with Gasteiger partial charge in [0.05, 0.1) is 0 Å². The Morgan fingerprint density at radius 2 is 1.23 bits per heavy atom. The van der Waals surface area contributed by atoms with Crippen LogP contribution in [0.15, 0.2) is 78.9 Å². The van der Waals surface area contributed by atoms with E-state index in [1.54, 1.807) is 0 Å². The van der Waals surface area contributed by atoms with E-state index in [9.17, 15) is 0 Å². The number of benzene rings is 3. The van der Waals surface area contributed by atoms with Crippen LogP contribution in [0.1, 0.15) is 18.1 Å². The van der Waals surface area contributed by atoms with Crippen LogP contribution in [0.25, 0.3) is 28.3 Å². The summed E-state index contributed by atoms with van der Waals surface area (Å²) in [5, 5.41) is 0. The lowest BCUT2D eigenvalue weighted by atomic mass is 9.91. The van der Waals surface area contributed by atoms with Gasteiger partial charge < -0.3 is 0 Å². The van der Waals surface area contributed by atoms with E-state index in [4.69, 9.17) is 0 Å². The zero-order chi connectivity index (χ0) is 15.4. The second-order valence-corrected chi connectivity index (χ2v) is 5.49. The Kier molecular flexibility index (Phi) is 4.20. The smallest absolute Gasteiger partial charge is 0.0108 e. The molecule has 0 radical (unpaired) electrons. The first-order chi connectivity index (χ1) is 10.8. The van der Waals surface area contributed by atoms with Crippen molar-refractivity contribution in [2.45, 2.75) is 13.8 Å². The topological polar surface area (TPSA) is 0 Å². The van der Waals surface area contributed by atoms with E-state index in [1.807, 2.05) is 0 Å². The van der Waals surface area contributed by atoms with Gasteiger partial charge in [0.1, 0.15) is 0 Å². The second kappa shape index (κ2) is 6.44. The monoisotopic (exact) mass is 284 g/mol. The summed E-state index contributed by atoms with van der Waals surface area (Å²) in [5.74, 6) is 0. The first kappa shape index (κ1) is 14.3. The van der Waals surface area contributed by atoms with Gasteiger partial charge in [-0.3, -0.25) is 0 Å². The maximum Gasteiger partial charge on any atom is -0.0108 e. The lowest BCUT2D eigenvalue weighted by Crippen LogP contribution is -1.90. The Balaban J connectivity index is 2.20. The van der Waals surface area contributed by atoms with E-state index in [1.165, 1.54) is 33.4 Å². The van der Waals surface area contributed by atoms with Crippen LogP contribution in [-0.4, -0.2) is 0 Å². The first-order valence-corrected chi connectivity index (χ1v) is 7.68. The Bertz CT molecular complexity index is 781. The lowest BCUT2D eigenvalue weighted by molar-refractivity contribution is 1.44. The maximum absolute atomic E-state index is 2.30. The number of hydrogen-bond donors (Lipinski definition) is 0. The molecule has 0 heterocycles. The molecule has 0 heteroatoms. The van der Waals surface area contributed by atoms with Crippen LogP contribution >= 0.6 is 0 Å². The Labute approximate surface area is 132 Å². The van der Waals surface area contributed by atoms with E-state index in [-0.39, 0.29) is 0 Å². The Morgan fingerprint density at radius 1 is 0.682 bits per heavy atom. The van der Waals surface area contributed by atoms with Crippen molar-refractivity contribution >= 4 is 6.08 Å². The number of allylic oxidation sites excluding steroid dienone is 1. The lowest BCUT2D eigenvalue weighted by Gasteiger charge is -2.13. The zero-order valence-electron chi connectivity index (χ0n) is 13.1. The Morgan fingerprint density at radius 3 is 1.77 bits per heavy atom. The van der Waals surface area contributed by atoms with Gasteiger partial charge in [0.25, 0.3) is 0 Å². The minimum Gasteiger partial charge on any atom is -0.0870 e. The van der Waals surface area contributed by atoms with Gasteiger partial charge >= 0.3 is 0 Å². The molecular weight excluding hydrogens is 264 g/mol. The third-order valence-electron chi connectivity index (χ3n) is 3.91. The summed E-state index contributed by atoms with van der Waals surface area (Å²) in [6.45, 7) is 4.25. The predicted octanol–water partition coefficient (Wildman–Crippen LogP) is 6.36. The molecule has 0 spiro atoms. The predicted molar refractivity (Wildman–Crippen MR) is 96.8 cm³/mol. The molecule has 0 bridgehead atoms. The molecule has 0 unspecified atom stereocenters. The van der Waals surface area contributed by atoms with Crippen molar-refractivity contribution in [3.8, 4) is 22.3 Å². The number of aryl methyl sites for hydroxylation is 1. The van der Waals surface area contributed by atoms with E-state index in [0.29, 0.717) is 0 Å². The van der Waals surface area contributed by atoms with Gasteiger partial charge in [0.15, 0.2) is 0 Å². The van der Waals surface area contributed by atoms with E-state index in [0.717, 1.165) is 0 Å². The number of hydrogen-bond acceptors (Lipinski definition) is 0. The molecule has 108 valence electrons. The fraction of sp³-hybridized carbons (Fsp3) is 0.0909. The van der Waals surface area contributed by atoms with Crippen molar-refractivity contribution < 1.29 is 0 Å². The molecule has 0 nitrogen and oxygen atoms in total. The zero-order valence-corrected chi connectivity index (χ0v) is 13.1. The van der Waals surface area contributed by atoms with Crippen LogP contribution in [-0.2, 0) is 0 Å². The van der Waals surface area contributed by atoms with Crippen LogP contribution in [0.2, 0.25) is 0 Å². The minimum absolute atomic E-state index is 1.26. The number of rotatable bonds is 3. The van der Waals surface area contributed by atoms with Crippen molar-refractivity contribution in [1.82, 2.24) is 0 Å². The highest BCUT2D eigenvalue weighted by Gasteiger charge is 2.09. The summed E-state index contributed by atoms with van der Waals surface area (Å²) in [5.41, 5.74) is 7.68. The molecule has 0 aliphatic carbocycles. The van der Waals surface area contributed by atoms with Crippen molar-refractivity contribution in [2.24, 2.45) is 0 Å². The highest BCUT2D eigenvalue weighted by atomic mass is 14.1. The van der Waals surface area contributed by atoms with Gasteiger partial charge in [-0.15, -0.1) is 0 Å². The highest BCUT2D eigenvalue weighted by molar-refractivity contribution is 5.81. The fourth-order valence-electron chi connectivity index (χ4n) is 2.84. The largest absolute Gasteiger partial charge is 0.0870 e. The van der Waals surface area contributed by atoms with Crippen LogP contribution < -0.4 is 0 Å². The van der Waals surface area contributed by atoms with Gasteiger partial charge in [-0.2, -0.15) is 0 Å². The van der Waals surface area contributed by atoms with Crippen molar-refractivity contribution in [3.63, 3.8) is 0 Å². The van der Waals surface area contributed by atoms with Crippen LogP contribution in [0.3, 0.4) is 0 Å². The molecule has 22 heavy (non-hydrogen) atoms. The Hall–Kier alpha value is -2.60. The molecule has 3 aromatic rings. The van der Waals surface area contributed by atoms with Crippen molar-refractivity contribution in [1.29, 1.82) is 0 Å². The molecule has 3 aromatic carbocycles. The average molecular weight is 284 g/mol. The molecule has 0 amide bonds. The van der Waals surface area contributed by atoms with Crippen LogP contribution in [0, 0.1) is 6.92 Å². The van der Waals surface area contributed by atoms with Crippen molar-refractivity contribution in [2.75, 3.05) is 0 Å². The normalized spacial score (nSPS) is 11.0. The SMILES string of the molecule is CC=Cc1cc(-c2ccccc2)c(C)cc1-c1ccccc1. The summed E-state index contributed by atoms with van der Waals surface area (Å²) in [6.07, 6.45) is 4.29. The molecule has 0 atom stereocenters. The molecule has 0 aliphatic rings. The maximum atomic E-state index is 2.30. The fourth-order valence-corrected chi connectivity index (χ4v) is 2.84. The standard InChI is InChI=1S/C22H20/c1-3-10-20-16-21(18-11-6-4-7-12-18)17(2)15-22(20)19-13-8-5-9-14-19/h3-16H,1-2H3. The van der Waals surface area contributed by atoms with E-state index < -0.39 is 0 Å². The molecule has 0 aromatic heterocycles. The quantitative estimate of drug-likeness (QED) is 0.524. The third kappa shape index (κ3) is 2.87. The van der Waals surface area contributed by atoms with Crippen LogP contribution in [0.5, 0.6) is 0 Å². The first-order valence-electron chi connectivity index (χ1n) is 7.68. The van der Waals surface area contributed by atoms with Gasteiger partial charge in [-0.25, -0.2) is 0 Å². The van der Waals surface area contributed by atoms with Gasteiger partial charge in [0.2, 0.25) is 0 Å². The summed E-state index contributed by atoms with van der Waals surface area (Å²) in [6, 6.07) is 25.8. The molecule has 0 N–H and O–H groups in total. The molecule has 0 aliphatic heterocycles. The van der Waals surface area contributed by atoms with E-state index in [2.05, 4.69) is 98.8 Å². The van der Waals surface area contributed by atoms with E-state index >= 15 is 0 Å².